The van der Waals surface area contributed by atoms with Crippen LogP contribution < -0.4 is 5.32 Å². The molecule has 0 radical (unpaired) electrons. The molecule has 1 amide bonds. The number of amides is 1. The highest BCUT2D eigenvalue weighted by Crippen LogP contribution is 1.98. The Morgan fingerprint density at radius 1 is 1.56 bits per heavy atom. The molecule has 16 heavy (non-hydrogen) atoms. The molecule has 0 unspecified atom stereocenters. The number of nitrogens with one attached hydrogen (secondary N) is 3. The van der Waals surface area contributed by atoms with Gasteiger partial charge in [-0.3, -0.25) is 15.0 Å². The molecule has 0 fully saturated rings. The molecule has 0 saturated carbocycles. The number of nitrogens with zero attached hydrogens (tertiary/aromatic N) is 2. The van der Waals surface area contributed by atoms with Gasteiger partial charge in [-0.15, -0.1) is 0 Å². The van der Waals surface area contributed by atoms with Crippen molar-refractivity contribution in [1.82, 2.24) is 25.7 Å². The summed E-state index contributed by atoms with van der Waals surface area (Å²) in [6.07, 6.45) is 3.68. The van der Waals surface area contributed by atoms with Crippen molar-refractivity contribution < 1.29 is 4.79 Å². The molecule has 0 aliphatic rings. The number of H-pyrrole nitrogens is 2. The molecule has 2 aromatic heterocycles. The van der Waals surface area contributed by atoms with Crippen LogP contribution in [-0.2, 0) is 17.8 Å². The Hall–Kier alpha value is -2.11. The Bertz CT molecular complexity index is 459. The van der Waals surface area contributed by atoms with Crippen LogP contribution in [0.4, 0.5) is 0 Å². The summed E-state index contributed by atoms with van der Waals surface area (Å²) in [6.45, 7) is 2.37. The lowest BCUT2D eigenvalue weighted by Gasteiger charge is -2.00. The van der Waals surface area contributed by atoms with E-state index in [0.29, 0.717) is 13.0 Å². The van der Waals surface area contributed by atoms with Gasteiger partial charge in [0.15, 0.2) is 0 Å². The second-order valence-electron chi connectivity index (χ2n) is 3.60. The van der Waals surface area contributed by atoms with E-state index >= 15 is 0 Å². The molecule has 6 nitrogen and oxygen atoms in total. The topological polar surface area (TPSA) is 86.5 Å². The predicted molar refractivity (Wildman–Crippen MR) is 57.5 cm³/mol. The second kappa shape index (κ2) is 4.61. The van der Waals surface area contributed by atoms with E-state index in [1.165, 1.54) is 0 Å². The van der Waals surface area contributed by atoms with Crippen molar-refractivity contribution in [3.05, 3.63) is 35.4 Å². The Balaban J connectivity index is 1.80. The molecule has 0 atom stereocenters. The molecular weight excluding hydrogens is 206 g/mol. The number of hydrogen-bond acceptors (Lipinski definition) is 3. The van der Waals surface area contributed by atoms with Crippen molar-refractivity contribution in [1.29, 1.82) is 0 Å². The normalized spacial score (nSPS) is 10.3. The van der Waals surface area contributed by atoms with Crippen molar-refractivity contribution in [3.63, 3.8) is 0 Å². The summed E-state index contributed by atoms with van der Waals surface area (Å²) in [6, 6.07) is 1.90. The van der Waals surface area contributed by atoms with E-state index in [0.717, 1.165) is 17.0 Å². The molecule has 0 aliphatic heterocycles. The summed E-state index contributed by atoms with van der Waals surface area (Å²) in [5, 5.41) is 16.1. The van der Waals surface area contributed by atoms with E-state index < -0.39 is 0 Å². The van der Waals surface area contributed by atoms with Crippen LogP contribution in [-0.4, -0.2) is 26.3 Å². The van der Waals surface area contributed by atoms with Gasteiger partial charge in [0.1, 0.15) is 0 Å². The number of aromatic nitrogens is 4. The maximum Gasteiger partial charge on any atom is 0.224 e. The van der Waals surface area contributed by atoms with Crippen LogP contribution in [0.15, 0.2) is 18.5 Å². The highest BCUT2D eigenvalue weighted by molar-refractivity contribution is 5.78. The van der Waals surface area contributed by atoms with Crippen molar-refractivity contribution >= 4 is 5.91 Å². The summed E-state index contributed by atoms with van der Waals surface area (Å²) in [5.41, 5.74) is 2.69. The third-order valence-corrected chi connectivity index (χ3v) is 2.15. The average molecular weight is 219 g/mol. The van der Waals surface area contributed by atoms with Crippen LogP contribution in [0.3, 0.4) is 0 Å². The van der Waals surface area contributed by atoms with Crippen LogP contribution >= 0.6 is 0 Å². The van der Waals surface area contributed by atoms with Crippen molar-refractivity contribution in [2.45, 2.75) is 19.9 Å². The van der Waals surface area contributed by atoms with Gasteiger partial charge in [0.2, 0.25) is 5.91 Å². The molecule has 6 heteroatoms. The standard InChI is InChI=1S/C10H13N5O/c1-7-2-9(15-14-7)6-11-10(16)3-8-4-12-13-5-8/h2,4-5H,3,6H2,1H3,(H,11,16)(H,12,13)(H,14,15). The maximum absolute atomic E-state index is 11.5. The van der Waals surface area contributed by atoms with Crippen LogP contribution in [0.1, 0.15) is 17.0 Å². The lowest BCUT2D eigenvalue weighted by Crippen LogP contribution is -2.24. The second-order valence-corrected chi connectivity index (χ2v) is 3.60. The first-order valence-electron chi connectivity index (χ1n) is 4.99. The summed E-state index contributed by atoms with van der Waals surface area (Å²) in [7, 11) is 0. The molecule has 84 valence electrons. The molecule has 0 bridgehead atoms. The zero-order valence-corrected chi connectivity index (χ0v) is 8.95. The van der Waals surface area contributed by atoms with E-state index in [2.05, 4.69) is 25.7 Å². The maximum atomic E-state index is 11.5. The van der Waals surface area contributed by atoms with Gasteiger partial charge in [-0.1, -0.05) is 0 Å². The highest BCUT2D eigenvalue weighted by atomic mass is 16.1. The fraction of sp³-hybridized carbons (Fsp3) is 0.300. The van der Waals surface area contributed by atoms with Gasteiger partial charge < -0.3 is 5.32 Å². The van der Waals surface area contributed by atoms with Crippen LogP contribution in [0.2, 0.25) is 0 Å². The summed E-state index contributed by atoms with van der Waals surface area (Å²) < 4.78 is 0. The molecule has 2 heterocycles. The molecule has 2 rings (SSSR count). The third kappa shape index (κ3) is 2.69. The minimum atomic E-state index is -0.0398. The quantitative estimate of drug-likeness (QED) is 0.691. The lowest BCUT2D eigenvalue weighted by atomic mass is 10.2. The Morgan fingerprint density at radius 3 is 3.06 bits per heavy atom. The highest BCUT2D eigenvalue weighted by Gasteiger charge is 2.05. The van der Waals surface area contributed by atoms with Crippen molar-refractivity contribution in [3.8, 4) is 0 Å². The number of rotatable bonds is 4. The first-order valence-corrected chi connectivity index (χ1v) is 4.99. The van der Waals surface area contributed by atoms with Crippen molar-refractivity contribution in [2.24, 2.45) is 0 Å². The van der Waals surface area contributed by atoms with Gasteiger partial charge in [0.25, 0.3) is 0 Å². The minimum Gasteiger partial charge on any atom is -0.350 e. The van der Waals surface area contributed by atoms with E-state index in [1.54, 1.807) is 12.4 Å². The third-order valence-electron chi connectivity index (χ3n) is 2.15. The van der Waals surface area contributed by atoms with E-state index in [-0.39, 0.29) is 5.91 Å². The largest absolute Gasteiger partial charge is 0.350 e. The molecule has 0 aromatic carbocycles. The minimum absolute atomic E-state index is 0.0398. The number of hydrogen-bond donors (Lipinski definition) is 3. The first kappa shape index (κ1) is 10.4. The Morgan fingerprint density at radius 2 is 2.44 bits per heavy atom. The van der Waals surface area contributed by atoms with Crippen molar-refractivity contribution in [2.75, 3.05) is 0 Å². The fourth-order valence-corrected chi connectivity index (χ4v) is 1.38. The van der Waals surface area contributed by atoms with Crippen LogP contribution in [0.5, 0.6) is 0 Å². The number of carbonyl (C=O) groups is 1. The Labute approximate surface area is 92.5 Å². The molecule has 2 aromatic rings. The molecule has 0 aliphatic carbocycles. The molecule has 0 spiro atoms. The summed E-state index contributed by atoms with van der Waals surface area (Å²) in [5.74, 6) is -0.0398. The molecule has 3 N–H and O–H groups in total. The van der Waals surface area contributed by atoms with Crippen LogP contribution in [0, 0.1) is 6.92 Å². The van der Waals surface area contributed by atoms with Gasteiger partial charge in [0, 0.05) is 11.9 Å². The van der Waals surface area contributed by atoms with E-state index in [1.807, 2.05) is 13.0 Å². The zero-order valence-electron chi connectivity index (χ0n) is 8.95. The van der Waals surface area contributed by atoms with E-state index in [4.69, 9.17) is 0 Å². The number of carbonyl (C=O) groups excluding carboxylic acids is 1. The van der Waals surface area contributed by atoms with Gasteiger partial charge in [0.05, 0.1) is 24.9 Å². The average Bonchev–Trinajstić information content (AvgIpc) is 2.87. The SMILES string of the molecule is Cc1cc(CNC(=O)Cc2cn[nH]c2)n[nH]1. The van der Waals surface area contributed by atoms with Gasteiger partial charge in [-0.25, -0.2) is 0 Å². The summed E-state index contributed by atoms with van der Waals surface area (Å²) >= 11 is 0. The first-order chi connectivity index (χ1) is 7.74. The zero-order chi connectivity index (χ0) is 11.4. The fourth-order valence-electron chi connectivity index (χ4n) is 1.38. The Kier molecular flexibility index (Phi) is 3.00. The monoisotopic (exact) mass is 219 g/mol. The van der Waals surface area contributed by atoms with Gasteiger partial charge in [-0.2, -0.15) is 10.2 Å². The molecular formula is C10H13N5O. The smallest absolute Gasteiger partial charge is 0.224 e. The molecule has 0 saturated heterocycles. The number of aryl methyl sites for hydroxylation is 1. The van der Waals surface area contributed by atoms with Gasteiger partial charge in [-0.05, 0) is 18.6 Å². The number of aromatic amines is 2. The lowest BCUT2D eigenvalue weighted by molar-refractivity contribution is -0.120. The summed E-state index contributed by atoms with van der Waals surface area (Å²) in [4.78, 5) is 11.5. The van der Waals surface area contributed by atoms with Gasteiger partial charge >= 0.3 is 0 Å². The van der Waals surface area contributed by atoms with Crippen LogP contribution in [0.25, 0.3) is 0 Å². The predicted octanol–water partition coefficient (Wildman–Crippen LogP) is 0.300. The van der Waals surface area contributed by atoms with E-state index in [9.17, 15) is 4.79 Å².